The highest BCUT2D eigenvalue weighted by atomic mass is 32.2. The van der Waals surface area contributed by atoms with Gasteiger partial charge in [-0.05, 0) is 47.1 Å². The second-order valence-electron chi connectivity index (χ2n) is 10.3. The Labute approximate surface area is 241 Å². The summed E-state index contributed by atoms with van der Waals surface area (Å²) in [4.78, 5) is 66.2. The van der Waals surface area contributed by atoms with Gasteiger partial charge in [0.1, 0.15) is 12.1 Å². The molecule has 2 aliphatic rings. The van der Waals surface area contributed by atoms with Crippen molar-refractivity contribution in [2.24, 2.45) is 11.1 Å². The van der Waals surface area contributed by atoms with E-state index < -0.39 is 39.8 Å². The number of rotatable bonds is 10. The largest absolute Gasteiger partial charge is 0.354 e. The molecular weight excluding hydrogens is 570 g/mol. The van der Waals surface area contributed by atoms with Crippen LogP contribution >= 0.6 is 11.3 Å². The van der Waals surface area contributed by atoms with Crippen LogP contribution in [-0.4, -0.2) is 60.3 Å². The molecule has 1 aromatic carbocycles. The van der Waals surface area contributed by atoms with Gasteiger partial charge in [-0.15, -0.1) is 11.3 Å². The minimum absolute atomic E-state index is 0.0873. The van der Waals surface area contributed by atoms with E-state index in [9.17, 15) is 32.4 Å². The van der Waals surface area contributed by atoms with E-state index >= 15 is 0 Å². The third-order valence-electron chi connectivity index (χ3n) is 6.86. The van der Waals surface area contributed by atoms with Gasteiger partial charge in [0.15, 0.2) is 0 Å². The molecule has 0 saturated carbocycles. The maximum atomic E-state index is 13.5. The summed E-state index contributed by atoms with van der Waals surface area (Å²) < 4.78 is 24.7. The Kier molecular flexibility index (Phi) is 8.75. The lowest BCUT2D eigenvalue weighted by Gasteiger charge is -2.30. The Morgan fingerprint density at radius 2 is 2.00 bits per heavy atom. The van der Waals surface area contributed by atoms with Crippen molar-refractivity contribution in [1.29, 1.82) is 0 Å². The number of primary sulfonamides is 1. The molecule has 4 rings (SSSR count). The third kappa shape index (κ3) is 6.39. The first-order chi connectivity index (χ1) is 19.3. The normalized spacial score (nSPS) is 17.7. The van der Waals surface area contributed by atoms with Gasteiger partial charge in [-0.25, -0.2) is 13.6 Å². The molecule has 14 heteroatoms. The van der Waals surface area contributed by atoms with E-state index in [-0.39, 0.29) is 53.4 Å². The lowest BCUT2D eigenvalue weighted by Crippen LogP contribution is -2.52. The fourth-order valence-corrected chi connectivity index (χ4v) is 7.01. The number of carbonyl (C=O) groups is 5. The van der Waals surface area contributed by atoms with Crippen LogP contribution in [0, 0.1) is 5.92 Å². The Morgan fingerprint density at radius 3 is 2.63 bits per heavy atom. The monoisotopic (exact) mass is 601 g/mol. The van der Waals surface area contributed by atoms with Crippen molar-refractivity contribution >= 4 is 50.9 Å². The van der Waals surface area contributed by atoms with E-state index in [1.54, 1.807) is 18.2 Å². The van der Waals surface area contributed by atoms with Crippen molar-refractivity contribution in [1.82, 2.24) is 20.4 Å². The van der Waals surface area contributed by atoms with Crippen LogP contribution in [0.15, 0.2) is 47.2 Å². The fraction of sp³-hybridized carbons (Fsp3) is 0.370. The summed E-state index contributed by atoms with van der Waals surface area (Å²) in [6.07, 6.45) is 1.39. The van der Waals surface area contributed by atoms with E-state index in [1.807, 2.05) is 13.8 Å². The molecule has 2 atom stereocenters. The number of hydrogen-bond acceptors (Lipinski definition) is 8. The standard InChI is InChI=1S/C27H31N5O7S2/c1-4-22(34)32(23(26(36)29-12-15(2)3)24-20(9-10-40-24)41(28,38)39)13-16-5-6-18-17(11-16)14-31(27(18)37)19-7-8-21(33)30-25(19)35/h4-6,9-11,15,19,23H,1,7-8,12-14H2,2-3H3,(H,29,36)(H2,28,38,39)(H,30,33,35). The molecule has 3 heterocycles. The summed E-state index contributed by atoms with van der Waals surface area (Å²) in [5.74, 6) is -2.37. The Balaban J connectivity index is 1.68. The van der Waals surface area contributed by atoms with Crippen molar-refractivity contribution in [2.45, 2.75) is 56.8 Å². The average molecular weight is 602 g/mol. The molecule has 12 nitrogen and oxygen atoms in total. The van der Waals surface area contributed by atoms with E-state index in [1.165, 1.54) is 21.2 Å². The SMILES string of the molecule is C=CC(=O)N(Cc1ccc2c(c1)CN(C1CCC(=O)NC1=O)C2=O)C(C(=O)NCC(C)C)c1sccc1S(N)(=O)=O. The van der Waals surface area contributed by atoms with Crippen molar-refractivity contribution in [3.63, 3.8) is 0 Å². The van der Waals surface area contributed by atoms with Gasteiger partial charge in [-0.2, -0.15) is 0 Å². The van der Waals surface area contributed by atoms with E-state index in [2.05, 4.69) is 17.2 Å². The number of nitrogens with zero attached hydrogens (tertiary/aromatic N) is 2. The Bertz CT molecular complexity index is 1530. The topological polar surface area (TPSA) is 176 Å². The fourth-order valence-electron chi connectivity index (χ4n) is 4.88. The third-order valence-corrected chi connectivity index (χ3v) is 8.92. The van der Waals surface area contributed by atoms with E-state index in [0.29, 0.717) is 23.2 Å². The van der Waals surface area contributed by atoms with Gasteiger partial charge in [0.25, 0.3) is 5.91 Å². The Hall–Kier alpha value is -3.88. The molecule has 0 spiro atoms. The van der Waals surface area contributed by atoms with Crippen LogP contribution in [0.2, 0.25) is 0 Å². The van der Waals surface area contributed by atoms with Gasteiger partial charge < -0.3 is 15.1 Å². The van der Waals surface area contributed by atoms with E-state index in [0.717, 1.165) is 17.4 Å². The van der Waals surface area contributed by atoms with Crippen LogP contribution in [0.1, 0.15) is 59.1 Å². The van der Waals surface area contributed by atoms with Crippen molar-refractivity contribution < 1.29 is 32.4 Å². The number of sulfonamides is 1. The smallest absolute Gasteiger partial charge is 0.255 e. The average Bonchev–Trinajstić information content (AvgIpc) is 3.51. The molecule has 2 aromatic rings. The highest BCUT2D eigenvalue weighted by Crippen LogP contribution is 2.34. The first-order valence-electron chi connectivity index (χ1n) is 12.9. The minimum Gasteiger partial charge on any atom is -0.354 e. The number of imide groups is 1. The summed E-state index contributed by atoms with van der Waals surface area (Å²) in [5.41, 5.74) is 1.57. The van der Waals surface area contributed by atoms with Crippen LogP contribution in [0.3, 0.4) is 0 Å². The molecule has 4 N–H and O–H groups in total. The van der Waals surface area contributed by atoms with Gasteiger partial charge in [-0.3, -0.25) is 29.3 Å². The summed E-state index contributed by atoms with van der Waals surface area (Å²) in [7, 11) is -4.21. The van der Waals surface area contributed by atoms with Crippen molar-refractivity contribution in [3.8, 4) is 0 Å². The second kappa shape index (κ2) is 11.9. The number of nitrogens with one attached hydrogen (secondary N) is 2. The molecule has 0 bridgehead atoms. The van der Waals surface area contributed by atoms with Gasteiger partial charge in [-0.1, -0.05) is 32.6 Å². The first kappa shape index (κ1) is 30.1. The van der Waals surface area contributed by atoms with Gasteiger partial charge in [0.2, 0.25) is 33.7 Å². The van der Waals surface area contributed by atoms with Crippen molar-refractivity contribution in [3.05, 3.63) is 63.9 Å². The highest BCUT2D eigenvalue weighted by Gasteiger charge is 2.40. The molecular formula is C27H31N5O7S2. The molecule has 2 unspecified atom stereocenters. The molecule has 218 valence electrons. The van der Waals surface area contributed by atoms with Gasteiger partial charge in [0, 0.05) is 31.6 Å². The zero-order chi connectivity index (χ0) is 30.1. The zero-order valence-corrected chi connectivity index (χ0v) is 24.2. The number of nitrogens with two attached hydrogens (primary N) is 1. The number of carbonyl (C=O) groups excluding carboxylic acids is 5. The predicted octanol–water partition coefficient (Wildman–Crippen LogP) is 1.18. The molecule has 0 aliphatic carbocycles. The summed E-state index contributed by atoms with van der Waals surface area (Å²) in [6.45, 7) is 7.65. The van der Waals surface area contributed by atoms with Crippen LogP contribution < -0.4 is 15.8 Å². The van der Waals surface area contributed by atoms with Crippen LogP contribution in [0.4, 0.5) is 0 Å². The van der Waals surface area contributed by atoms with Crippen LogP contribution in [-0.2, 0) is 42.3 Å². The predicted molar refractivity (Wildman–Crippen MR) is 150 cm³/mol. The number of hydrogen-bond donors (Lipinski definition) is 3. The number of amides is 5. The molecule has 5 amide bonds. The molecule has 1 fully saturated rings. The molecule has 1 aromatic heterocycles. The molecule has 0 radical (unpaired) electrons. The van der Waals surface area contributed by atoms with Crippen molar-refractivity contribution in [2.75, 3.05) is 6.54 Å². The second-order valence-corrected chi connectivity index (χ2v) is 12.8. The number of benzene rings is 1. The number of fused-ring (bicyclic) bond motifs is 1. The number of piperidine rings is 1. The van der Waals surface area contributed by atoms with Crippen LogP contribution in [0.25, 0.3) is 0 Å². The number of thiophene rings is 1. The molecule has 1 saturated heterocycles. The lowest BCUT2D eigenvalue weighted by atomic mass is 10.0. The molecule has 2 aliphatic heterocycles. The molecule has 41 heavy (non-hydrogen) atoms. The minimum atomic E-state index is -4.21. The maximum Gasteiger partial charge on any atom is 0.255 e. The zero-order valence-electron chi connectivity index (χ0n) is 22.6. The first-order valence-corrected chi connectivity index (χ1v) is 15.3. The summed E-state index contributed by atoms with van der Waals surface area (Å²) in [6, 6.07) is 4.11. The summed E-state index contributed by atoms with van der Waals surface area (Å²) >= 11 is 0.989. The maximum absolute atomic E-state index is 13.5. The Morgan fingerprint density at radius 1 is 1.27 bits per heavy atom. The lowest BCUT2D eigenvalue weighted by molar-refractivity contribution is -0.138. The van der Waals surface area contributed by atoms with Crippen LogP contribution in [0.5, 0.6) is 0 Å². The highest BCUT2D eigenvalue weighted by molar-refractivity contribution is 7.89. The van der Waals surface area contributed by atoms with Gasteiger partial charge >= 0.3 is 0 Å². The summed E-state index contributed by atoms with van der Waals surface area (Å²) in [5, 5.41) is 12.0. The van der Waals surface area contributed by atoms with Gasteiger partial charge in [0.05, 0.1) is 9.77 Å². The quantitative estimate of drug-likeness (QED) is 0.271. The van der Waals surface area contributed by atoms with E-state index in [4.69, 9.17) is 5.14 Å².